The molecule has 0 spiro atoms. The number of para-hydroxylation sites is 1. The van der Waals surface area contributed by atoms with Gasteiger partial charge in [-0.1, -0.05) is 47.8 Å². The quantitative estimate of drug-likeness (QED) is 0.291. The third-order valence-electron chi connectivity index (χ3n) is 6.29. The lowest BCUT2D eigenvalue weighted by Gasteiger charge is -2.13. The normalized spacial score (nSPS) is 14.5. The Balaban J connectivity index is 1.73. The zero-order valence-corrected chi connectivity index (χ0v) is 21.9. The maximum Gasteiger partial charge on any atom is 0.297 e. The third kappa shape index (κ3) is 4.68. The third-order valence-corrected chi connectivity index (χ3v) is 7.67. The van der Waals surface area contributed by atoms with Crippen LogP contribution in [0.3, 0.4) is 0 Å². The van der Waals surface area contributed by atoms with Crippen molar-refractivity contribution in [2.75, 3.05) is 0 Å². The number of rotatable bonds is 4. The van der Waals surface area contributed by atoms with E-state index in [4.69, 9.17) is 33.3 Å². The molecular formula is C26H25Cl2N5OS. The van der Waals surface area contributed by atoms with Crippen molar-refractivity contribution >= 4 is 45.9 Å². The lowest BCUT2D eigenvalue weighted by molar-refractivity contribution is 0.630. The van der Waals surface area contributed by atoms with E-state index in [1.165, 1.54) is 17.8 Å². The molecule has 1 aliphatic rings. The van der Waals surface area contributed by atoms with E-state index in [1.54, 1.807) is 16.8 Å². The van der Waals surface area contributed by atoms with Crippen molar-refractivity contribution in [3.8, 4) is 16.9 Å². The molecule has 35 heavy (non-hydrogen) atoms. The van der Waals surface area contributed by atoms with Gasteiger partial charge >= 0.3 is 0 Å². The Labute approximate surface area is 217 Å². The summed E-state index contributed by atoms with van der Waals surface area (Å²) in [4.78, 5) is 18.9. The summed E-state index contributed by atoms with van der Waals surface area (Å²) < 4.78 is 5.28. The highest BCUT2D eigenvalue weighted by atomic mass is 35.5. The maximum absolute atomic E-state index is 13.5. The van der Waals surface area contributed by atoms with E-state index in [-0.39, 0.29) is 5.56 Å². The van der Waals surface area contributed by atoms with Gasteiger partial charge in [-0.15, -0.1) is 11.3 Å². The Morgan fingerprint density at radius 2 is 1.74 bits per heavy atom. The second kappa shape index (κ2) is 10.0. The van der Waals surface area contributed by atoms with E-state index in [2.05, 4.69) is 0 Å². The molecule has 0 unspecified atom stereocenters. The second-order valence-corrected chi connectivity index (χ2v) is 10.3. The van der Waals surface area contributed by atoms with Crippen molar-refractivity contribution < 1.29 is 0 Å². The molecule has 6 nitrogen and oxygen atoms in total. The van der Waals surface area contributed by atoms with E-state index < -0.39 is 0 Å². The smallest absolute Gasteiger partial charge is 0.283 e. The van der Waals surface area contributed by atoms with Gasteiger partial charge < -0.3 is 0 Å². The van der Waals surface area contributed by atoms with Crippen molar-refractivity contribution in [1.82, 2.24) is 14.0 Å². The lowest BCUT2D eigenvalue weighted by atomic mass is 9.99. The standard InChI is InChI=1S/C26H25Cl2N5OS/c1-17-24(25(34)33(31(17)2)20-11-7-4-8-12-20)29-26-32(30-19-9-5-3-6-10-19)23(16-35-26)21-15-18(27)13-14-22(21)28/h4,7-8,11-16H,3,5-6,9-10H2,1-2H3. The molecular weight excluding hydrogens is 501 g/mol. The van der Waals surface area contributed by atoms with Crippen molar-refractivity contribution in [2.24, 2.45) is 17.1 Å². The molecule has 180 valence electrons. The highest BCUT2D eigenvalue weighted by molar-refractivity contribution is 7.07. The molecule has 1 saturated carbocycles. The average molecular weight is 526 g/mol. The summed E-state index contributed by atoms with van der Waals surface area (Å²) in [6.07, 6.45) is 5.39. The van der Waals surface area contributed by atoms with Crippen LogP contribution in [0.5, 0.6) is 0 Å². The van der Waals surface area contributed by atoms with Gasteiger partial charge in [0.25, 0.3) is 5.56 Å². The summed E-state index contributed by atoms with van der Waals surface area (Å²) in [7, 11) is 1.87. The van der Waals surface area contributed by atoms with Gasteiger partial charge in [0.2, 0.25) is 4.80 Å². The summed E-state index contributed by atoms with van der Waals surface area (Å²) in [5.74, 6) is 0. The molecule has 0 aliphatic heterocycles. The molecule has 1 aliphatic carbocycles. The fourth-order valence-electron chi connectivity index (χ4n) is 4.33. The van der Waals surface area contributed by atoms with E-state index in [0.717, 1.165) is 54.0 Å². The summed E-state index contributed by atoms with van der Waals surface area (Å²) in [5, 5.41) is 8.15. The fraction of sp³-hybridized carbons (Fsp3) is 0.269. The van der Waals surface area contributed by atoms with Crippen LogP contribution in [-0.4, -0.2) is 19.8 Å². The number of thiazole rings is 1. The van der Waals surface area contributed by atoms with Crippen LogP contribution < -0.4 is 10.4 Å². The minimum Gasteiger partial charge on any atom is -0.283 e. The van der Waals surface area contributed by atoms with Gasteiger partial charge in [-0.25, -0.2) is 14.4 Å². The van der Waals surface area contributed by atoms with Crippen LogP contribution in [0.15, 0.2) is 68.8 Å². The minimum atomic E-state index is -0.177. The Bertz CT molecular complexity index is 1530. The van der Waals surface area contributed by atoms with Crippen LogP contribution in [0, 0.1) is 6.92 Å². The average Bonchev–Trinajstić information content (AvgIpc) is 3.35. The van der Waals surface area contributed by atoms with Crippen LogP contribution in [0.4, 0.5) is 5.69 Å². The van der Waals surface area contributed by atoms with E-state index in [1.807, 2.05) is 65.1 Å². The van der Waals surface area contributed by atoms with Crippen molar-refractivity contribution in [3.63, 3.8) is 0 Å². The summed E-state index contributed by atoms with van der Waals surface area (Å²) >= 11 is 14.3. The molecule has 4 aromatic rings. The highest BCUT2D eigenvalue weighted by Crippen LogP contribution is 2.31. The molecule has 0 atom stereocenters. The monoisotopic (exact) mass is 525 g/mol. The highest BCUT2D eigenvalue weighted by Gasteiger charge is 2.18. The first kappa shape index (κ1) is 23.9. The SMILES string of the molecule is Cc1c(N=c2scc(-c3cc(Cl)ccc3Cl)n2N=C2CCCCC2)c(=O)n(-c2ccccc2)n1C. The number of hydrogen-bond acceptors (Lipinski definition) is 4. The Morgan fingerprint density at radius 1 is 1.00 bits per heavy atom. The summed E-state index contributed by atoms with van der Waals surface area (Å²) in [6, 6.07) is 15.0. The first-order chi connectivity index (χ1) is 16.9. The van der Waals surface area contributed by atoms with Crippen LogP contribution in [0.1, 0.15) is 37.8 Å². The summed E-state index contributed by atoms with van der Waals surface area (Å²) in [6.45, 7) is 1.90. The molecule has 9 heteroatoms. The Kier molecular flexibility index (Phi) is 6.82. The molecule has 2 aromatic heterocycles. The number of halogens is 2. The first-order valence-electron chi connectivity index (χ1n) is 11.6. The fourth-order valence-corrected chi connectivity index (χ4v) is 5.55. The maximum atomic E-state index is 13.5. The number of hydrogen-bond donors (Lipinski definition) is 0. The van der Waals surface area contributed by atoms with Gasteiger partial charge in [0.1, 0.15) is 0 Å². The van der Waals surface area contributed by atoms with Gasteiger partial charge in [0.05, 0.1) is 22.1 Å². The number of nitrogens with zero attached hydrogens (tertiary/aromatic N) is 5. The van der Waals surface area contributed by atoms with E-state index >= 15 is 0 Å². The summed E-state index contributed by atoms with van der Waals surface area (Å²) in [5.41, 5.74) is 4.48. The molecule has 0 amide bonds. The molecule has 2 aromatic carbocycles. The van der Waals surface area contributed by atoms with Gasteiger partial charge in [-0.3, -0.25) is 9.48 Å². The zero-order valence-electron chi connectivity index (χ0n) is 19.5. The second-order valence-electron chi connectivity index (χ2n) is 8.59. The minimum absolute atomic E-state index is 0.177. The largest absolute Gasteiger partial charge is 0.297 e. The Hall–Kier alpha value is -2.87. The van der Waals surface area contributed by atoms with Crippen molar-refractivity contribution in [3.05, 3.63) is 84.8 Å². The molecule has 2 heterocycles. The molecule has 0 radical (unpaired) electrons. The molecule has 0 saturated heterocycles. The van der Waals surface area contributed by atoms with Crippen LogP contribution in [0.25, 0.3) is 16.9 Å². The van der Waals surface area contributed by atoms with Crippen molar-refractivity contribution in [2.45, 2.75) is 39.0 Å². The van der Waals surface area contributed by atoms with Gasteiger partial charge in [-0.2, -0.15) is 5.10 Å². The van der Waals surface area contributed by atoms with Crippen LogP contribution in [-0.2, 0) is 7.05 Å². The predicted octanol–water partition coefficient (Wildman–Crippen LogP) is 6.72. The van der Waals surface area contributed by atoms with E-state index in [9.17, 15) is 4.79 Å². The predicted molar refractivity (Wildman–Crippen MR) is 145 cm³/mol. The molecule has 0 bridgehead atoms. The lowest BCUT2D eigenvalue weighted by Crippen LogP contribution is -2.20. The zero-order chi connectivity index (χ0) is 24.5. The van der Waals surface area contributed by atoms with Crippen molar-refractivity contribution in [1.29, 1.82) is 0 Å². The van der Waals surface area contributed by atoms with Crippen LogP contribution in [0.2, 0.25) is 10.0 Å². The number of benzene rings is 2. The molecule has 1 fully saturated rings. The molecule has 0 N–H and O–H groups in total. The van der Waals surface area contributed by atoms with E-state index in [0.29, 0.717) is 20.5 Å². The topological polar surface area (TPSA) is 56.6 Å². The first-order valence-corrected chi connectivity index (χ1v) is 13.2. The van der Waals surface area contributed by atoms with Crippen LogP contribution >= 0.6 is 34.5 Å². The van der Waals surface area contributed by atoms with Gasteiger partial charge in [0.15, 0.2) is 5.69 Å². The number of aromatic nitrogens is 3. The molecule has 5 rings (SSSR count). The Morgan fingerprint density at radius 3 is 2.49 bits per heavy atom. The van der Waals surface area contributed by atoms with Gasteiger partial charge in [0, 0.05) is 28.7 Å². The van der Waals surface area contributed by atoms with Gasteiger partial charge in [-0.05, 0) is 62.9 Å².